The Morgan fingerprint density at radius 1 is 1.08 bits per heavy atom. The molecular weight excluding hydrogens is 496 g/mol. The van der Waals surface area contributed by atoms with Gasteiger partial charge in [0.1, 0.15) is 31.6 Å². The number of para-hydroxylation sites is 1. The van der Waals surface area contributed by atoms with Gasteiger partial charge < -0.3 is 39.6 Å². The van der Waals surface area contributed by atoms with Gasteiger partial charge in [0.25, 0.3) is 0 Å². The van der Waals surface area contributed by atoms with Crippen LogP contribution in [-0.2, 0) is 14.2 Å². The second-order valence-electron chi connectivity index (χ2n) is 8.20. The lowest BCUT2D eigenvalue weighted by molar-refractivity contribution is 0.0649. The first-order chi connectivity index (χ1) is 17.4. The molecule has 1 aromatic carbocycles. The number of hydrogen-bond donors (Lipinski definition) is 3. The summed E-state index contributed by atoms with van der Waals surface area (Å²) >= 11 is 6.08. The molecule has 12 nitrogen and oxygen atoms in total. The molecule has 192 valence electrons. The molecule has 36 heavy (non-hydrogen) atoms. The van der Waals surface area contributed by atoms with Gasteiger partial charge in [-0.1, -0.05) is 29.8 Å². The maximum absolute atomic E-state index is 12.0. The van der Waals surface area contributed by atoms with E-state index < -0.39 is 18.3 Å². The van der Waals surface area contributed by atoms with Crippen molar-refractivity contribution in [3.05, 3.63) is 53.2 Å². The molecule has 0 bridgehead atoms. The molecular formula is C23H25ClN4O8. The number of benzene rings is 1. The van der Waals surface area contributed by atoms with Crippen LogP contribution in [0.5, 0.6) is 11.6 Å². The summed E-state index contributed by atoms with van der Waals surface area (Å²) in [4.78, 5) is 39.1. The second kappa shape index (κ2) is 11.8. The van der Waals surface area contributed by atoms with Crippen LogP contribution in [0, 0.1) is 0 Å². The summed E-state index contributed by atoms with van der Waals surface area (Å²) in [6.07, 6.45) is 0.415. The molecule has 0 unspecified atom stereocenters. The van der Waals surface area contributed by atoms with Crippen LogP contribution in [0.4, 0.5) is 14.4 Å². The molecule has 3 aliphatic rings. The lowest BCUT2D eigenvalue weighted by atomic mass is 9.93. The van der Waals surface area contributed by atoms with Crippen molar-refractivity contribution >= 4 is 29.9 Å². The van der Waals surface area contributed by atoms with Gasteiger partial charge in [0, 0.05) is 31.3 Å². The minimum Gasteiger partial charge on any atom is -0.447 e. The lowest BCUT2D eigenvalue weighted by Crippen LogP contribution is -2.49. The number of cyclic esters (lactones) is 2. The maximum atomic E-state index is 12.0. The Morgan fingerprint density at radius 3 is 2.33 bits per heavy atom. The highest BCUT2D eigenvalue weighted by Crippen LogP contribution is 2.30. The molecule has 3 N–H and O–H groups in total. The lowest BCUT2D eigenvalue weighted by Gasteiger charge is -2.38. The molecule has 2 atom stereocenters. The van der Waals surface area contributed by atoms with Gasteiger partial charge in [0.05, 0.1) is 17.7 Å². The molecule has 13 heteroatoms. The van der Waals surface area contributed by atoms with Crippen LogP contribution in [-0.4, -0.2) is 84.9 Å². The molecule has 2 aromatic rings. The minimum absolute atomic E-state index is 0.0499. The number of hydrogen-bond acceptors (Lipinski definition) is 9. The van der Waals surface area contributed by atoms with Crippen molar-refractivity contribution in [1.29, 1.82) is 0 Å². The van der Waals surface area contributed by atoms with Gasteiger partial charge in [0.2, 0.25) is 5.88 Å². The quantitative estimate of drug-likeness (QED) is 0.487. The van der Waals surface area contributed by atoms with Gasteiger partial charge in [-0.25, -0.2) is 19.4 Å². The van der Waals surface area contributed by atoms with Crippen LogP contribution in [0.3, 0.4) is 0 Å². The van der Waals surface area contributed by atoms with E-state index in [4.69, 9.17) is 30.9 Å². The SMILES string of the molecule is O=C1N[C@H](CO)CO1.O=C1N[C@H](COC(=O)N2CC(c3ccc(Oc4ccccc4Cl)nc3)C2)CO1. The summed E-state index contributed by atoms with van der Waals surface area (Å²) in [5.74, 6) is 1.20. The number of aromatic nitrogens is 1. The van der Waals surface area contributed by atoms with Crippen LogP contribution < -0.4 is 15.4 Å². The van der Waals surface area contributed by atoms with Crippen LogP contribution in [0.15, 0.2) is 42.6 Å². The highest BCUT2D eigenvalue weighted by Gasteiger charge is 2.34. The summed E-state index contributed by atoms with van der Waals surface area (Å²) in [5.41, 5.74) is 1.02. The van der Waals surface area contributed by atoms with Gasteiger partial charge in [-0.05, 0) is 17.7 Å². The Kier molecular flexibility index (Phi) is 8.28. The molecule has 0 spiro atoms. The Labute approximate surface area is 211 Å². The highest BCUT2D eigenvalue weighted by atomic mass is 35.5. The van der Waals surface area contributed by atoms with E-state index in [1.807, 2.05) is 18.2 Å². The predicted molar refractivity (Wildman–Crippen MR) is 125 cm³/mol. The van der Waals surface area contributed by atoms with Crippen molar-refractivity contribution in [3.8, 4) is 11.6 Å². The van der Waals surface area contributed by atoms with Gasteiger partial charge in [-0.15, -0.1) is 0 Å². The molecule has 1 aromatic heterocycles. The van der Waals surface area contributed by atoms with E-state index in [2.05, 4.69) is 20.4 Å². The number of rotatable bonds is 6. The van der Waals surface area contributed by atoms with Gasteiger partial charge in [-0.3, -0.25) is 0 Å². The Balaban J connectivity index is 0.000000325. The number of carbonyl (C=O) groups is 3. The third kappa shape index (κ3) is 6.67. The van der Waals surface area contributed by atoms with Crippen LogP contribution in [0.1, 0.15) is 11.5 Å². The maximum Gasteiger partial charge on any atom is 0.409 e. The molecule has 0 radical (unpaired) electrons. The van der Waals surface area contributed by atoms with Crippen molar-refractivity contribution in [2.45, 2.75) is 18.0 Å². The van der Waals surface area contributed by atoms with Crippen molar-refractivity contribution in [3.63, 3.8) is 0 Å². The molecule has 3 aliphatic heterocycles. The van der Waals surface area contributed by atoms with E-state index in [1.165, 1.54) is 0 Å². The average molecular weight is 521 g/mol. The predicted octanol–water partition coefficient (Wildman–Crippen LogP) is 2.26. The van der Waals surface area contributed by atoms with Gasteiger partial charge >= 0.3 is 18.3 Å². The fraction of sp³-hybridized carbons (Fsp3) is 0.391. The molecule has 5 rings (SSSR count). The third-order valence-electron chi connectivity index (χ3n) is 5.53. The first kappa shape index (κ1) is 25.3. The second-order valence-corrected chi connectivity index (χ2v) is 8.61. The summed E-state index contributed by atoms with van der Waals surface area (Å²) < 4.78 is 20.1. The summed E-state index contributed by atoms with van der Waals surface area (Å²) in [7, 11) is 0. The minimum atomic E-state index is -0.487. The van der Waals surface area contributed by atoms with E-state index in [9.17, 15) is 14.4 Å². The van der Waals surface area contributed by atoms with E-state index in [-0.39, 0.29) is 44.4 Å². The summed E-state index contributed by atoms with van der Waals surface area (Å²) in [5, 5.41) is 13.9. The van der Waals surface area contributed by atoms with E-state index in [0.29, 0.717) is 29.7 Å². The van der Waals surface area contributed by atoms with Crippen molar-refractivity contribution in [2.75, 3.05) is 39.5 Å². The number of nitrogens with one attached hydrogen (secondary N) is 2. The van der Waals surface area contributed by atoms with Gasteiger partial charge in [0.15, 0.2) is 0 Å². The molecule has 0 saturated carbocycles. The van der Waals surface area contributed by atoms with Crippen LogP contribution in [0.2, 0.25) is 5.02 Å². The Hall–Kier alpha value is -3.77. The smallest absolute Gasteiger partial charge is 0.409 e. The van der Waals surface area contributed by atoms with Crippen molar-refractivity contribution < 1.29 is 38.4 Å². The number of amides is 3. The zero-order chi connectivity index (χ0) is 25.5. The van der Waals surface area contributed by atoms with E-state index in [0.717, 1.165) is 5.56 Å². The monoisotopic (exact) mass is 520 g/mol. The number of aliphatic hydroxyl groups excluding tert-OH is 1. The number of aliphatic hydroxyl groups is 1. The van der Waals surface area contributed by atoms with E-state index >= 15 is 0 Å². The Bertz CT molecular complexity index is 1080. The highest BCUT2D eigenvalue weighted by molar-refractivity contribution is 6.32. The molecule has 4 heterocycles. The summed E-state index contributed by atoms with van der Waals surface area (Å²) in [6, 6.07) is 10.4. The Morgan fingerprint density at radius 2 is 1.78 bits per heavy atom. The zero-order valence-electron chi connectivity index (χ0n) is 19.1. The van der Waals surface area contributed by atoms with Crippen LogP contribution >= 0.6 is 11.6 Å². The third-order valence-corrected chi connectivity index (χ3v) is 5.84. The van der Waals surface area contributed by atoms with Gasteiger partial charge in [-0.2, -0.15) is 0 Å². The largest absolute Gasteiger partial charge is 0.447 e. The summed E-state index contributed by atoms with van der Waals surface area (Å²) in [6.45, 7) is 1.66. The molecule has 3 amide bonds. The average Bonchev–Trinajstić information content (AvgIpc) is 3.47. The first-order valence-electron chi connectivity index (χ1n) is 11.2. The molecule has 3 saturated heterocycles. The van der Waals surface area contributed by atoms with Crippen LogP contribution in [0.25, 0.3) is 0 Å². The number of carbonyl (C=O) groups excluding carboxylic acids is 3. The number of ether oxygens (including phenoxy) is 4. The number of likely N-dealkylation sites (tertiary alicyclic amines) is 1. The number of pyridine rings is 1. The fourth-order valence-corrected chi connectivity index (χ4v) is 3.65. The number of nitrogens with zero attached hydrogens (tertiary/aromatic N) is 2. The first-order valence-corrected chi connectivity index (χ1v) is 11.6. The fourth-order valence-electron chi connectivity index (χ4n) is 3.48. The molecule has 3 fully saturated rings. The molecule has 0 aliphatic carbocycles. The number of halogens is 1. The zero-order valence-corrected chi connectivity index (χ0v) is 19.8. The van der Waals surface area contributed by atoms with Crippen molar-refractivity contribution in [2.24, 2.45) is 0 Å². The normalized spacial score (nSPS) is 20.7. The number of alkyl carbamates (subject to hydrolysis) is 2. The topological polar surface area (TPSA) is 149 Å². The van der Waals surface area contributed by atoms with Crippen molar-refractivity contribution in [1.82, 2.24) is 20.5 Å². The van der Waals surface area contributed by atoms with E-state index in [1.54, 1.807) is 29.3 Å². The standard InChI is InChI=1S/C19H18ClN3O5.C4H7NO3/c20-15-3-1-2-4-16(15)28-17-6-5-12(7-21-17)13-8-23(9-13)19(25)27-11-14-10-26-18(24)22-14;6-1-3-2-8-4(7)5-3/h1-7,13-14H,8-11H2,(H,22,24);3,6H,1-2H2,(H,5,7)/t14-;3-/m01/s1.